The molecule has 0 saturated heterocycles. The van der Waals surface area contributed by atoms with Gasteiger partial charge in [0.2, 0.25) is 0 Å². The van der Waals surface area contributed by atoms with Crippen LogP contribution in [0.3, 0.4) is 0 Å². The molecule has 1 aromatic heterocycles. The molecule has 1 aromatic carbocycles. The van der Waals surface area contributed by atoms with Crippen LogP contribution in [0.15, 0.2) is 29.2 Å². The molecular weight excluding hydrogens is 254 g/mol. The summed E-state index contributed by atoms with van der Waals surface area (Å²) in [6, 6.07) is 6.72. The van der Waals surface area contributed by atoms with Gasteiger partial charge in [-0.1, -0.05) is 11.6 Å². The van der Waals surface area contributed by atoms with Gasteiger partial charge in [0.1, 0.15) is 23.2 Å². The molecule has 0 unspecified atom stereocenters. The zero-order valence-corrected chi connectivity index (χ0v) is 10.2. The van der Waals surface area contributed by atoms with E-state index in [9.17, 15) is 4.79 Å². The second-order valence-corrected chi connectivity index (χ2v) is 3.87. The first kappa shape index (κ1) is 12.1. The molecule has 2 aromatic rings. The molecule has 0 radical (unpaired) electrons. The van der Waals surface area contributed by atoms with Crippen LogP contribution in [-0.2, 0) is 0 Å². The zero-order chi connectivity index (χ0) is 13.1. The minimum atomic E-state index is -0.487. The van der Waals surface area contributed by atoms with Crippen molar-refractivity contribution in [2.24, 2.45) is 0 Å². The lowest BCUT2D eigenvalue weighted by Gasteiger charge is -2.07. The lowest BCUT2D eigenvalue weighted by atomic mass is 10.2. The Morgan fingerprint density at radius 2 is 2.28 bits per heavy atom. The van der Waals surface area contributed by atoms with Gasteiger partial charge in [0.15, 0.2) is 0 Å². The van der Waals surface area contributed by atoms with Crippen molar-refractivity contribution in [2.75, 3.05) is 7.11 Å². The smallest absolute Gasteiger partial charge is 0.269 e. The maximum atomic E-state index is 11.5. The summed E-state index contributed by atoms with van der Waals surface area (Å²) in [5, 5.41) is 9.18. The number of nitriles is 1. The van der Waals surface area contributed by atoms with Gasteiger partial charge in [0.25, 0.3) is 5.56 Å². The number of methoxy groups -OCH3 is 1. The number of hydrogen-bond donors (Lipinski definition) is 1. The Bertz CT molecular complexity index is 688. The van der Waals surface area contributed by atoms with Crippen LogP contribution in [0.1, 0.15) is 5.56 Å². The van der Waals surface area contributed by atoms with E-state index in [-0.39, 0.29) is 5.56 Å². The van der Waals surface area contributed by atoms with E-state index in [0.717, 1.165) is 0 Å². The van der Waals surface area contributed by atoms with E-state index in [1.807, 2.05) is 0 Å². The Hall–Kier alpha value is -2.32. The monoisotopic (exact) mass is 261 g/mol. The van der Waals surface area contributed by atoms with Gasteiger partial charge < -0.3 is 9.72 Å². The first-order valence-electron chi connectivity index (χ1n) is 4.99. The molecule has 0 saturated carbocycles. The zero-order valence-electron chi connectivity index (χ0n) is 9.40. The van der Waals surface area contributed by atoms with Gasteiger partial charge in [-0.3, -0.25) is 4.79 Å². The maximum Gasteiger partial charge on any atom is 0.269 e. The van der Waals surface area contributed by atoms with E-state index >= 15 is 0 Å². The highest BCUT2D eigenvalue weighted by Gasteiger charge is 2.10. The van der Waals surface area contributed by atoms with Crippen LogP contribution < -0.4 is 10.3 Å². The lowest BCUT2D eigenvalue weighted by molar-refractivity contribution is 0.416. The Balaban J connectivity index is 2.59. The van der Waals surface area contributed by atoms with E-state index in [2.05, 4.69) is 9.97 Å². The van der Waals surface area contributed by atoms with Crippen molar-refractivity contribution in [1.29, 1.82) is 5.26 Å². The average Bonchev–Trinajstić information content (AvgIpc) is 2.38. The summed E-state index contributed by atoms with van der Waals surface area (Å²) in [6.07, 6.45) is 1.22. The van der Waals surface area contributed by atoms with Gasteiger partial charge in [0.05, 0.1) is 18.9 Å². The predicted octanol–water partition coefficient (Wildman–Crippen LogP) is 1.97. The van der Waals surface area contributed by atoms with Gasteiger partial charge in [-0.15, -0.1) is 0 Å². The molecule has 18 heavy (non-hydrogen) atoms. The molecular formula is C12H8ClN3O2. The highest BCUT2D eigenvalue weighted by atomic mass is 35.5. The van der Waals surface area contributed by atoms with Crippen molar-refractivity contribution in [3.05, 3.63) is 45.3 Å². The SMILES string of the molecule is COc1cc(Cl)ccc1-c1ncc(C#N)c(=O)[nH]1. The predicted molar refractivity (Wildman–Crippen MR) is 66.6 cm³/mol. The number of nitrogens with zero attached hydrogens (tertiary/aromatic N) is 2. The third kappa shape index (κ3) is 2.19. The molecule has 5 nitrogen and oxygen atoms in total. The topological polar surface area (TPSA) is 78.8 Å². The molecule has 0 atom stereocenters. The van der Waals surface area contributed by atoms with Crippen LogP contribution >= 0.6 is 11.6 Å². The van der Waals surface area contributed by atoms with E-state index in [0.29, 0.717) is 22.2 Å². The first-order valence-corrected chi connectivity index (χ1v) is 5.37. The van der Waals surface area contributed by atoms with Gasteiger partial charge in [-0.25, -0.2) is 4.98 Å². The standard InChI is InChI=1S/C12H8ClN3O2/c1-18-10-4-8(13)2-3-9(10)11-15-6-7(5-14)12(17)16-11/h2-4,6H,1H3,(H,15,16,17). The molecule has 0 aliphatic rings. The molecule has 90 valence electrons. The van der Waals surface area contributed by atoms with Crippen LogP contribution in [0.25, 0.3) is 11.4 Å². The van der Waals surface area contributed by atoms with E-state index < -0.39 is 5.56 Å². The van der Waals surface area contributed by atoms with Gasteiger partial charge in [-0.2, -0.15) is 5.26 Å². The fourth-order valence-electron chi connectivity index (χ4n) is 1.47. The Labute approximate surface area is 108 Å². The van der Waals surface area contributed by atoms with E-state index in [1.54, 1.807) is 24.3 Å². The van der Waals surface area contributed by atoms with Gasteiger partial charge in [-0.05, 0) is 18.2 Å². The maximum absolute atomic E-state index is 11.5. The number of H-pyrrole nitrogens is 1. The minimum absolute atomic E-state index is 0.0355. The largest absolute Gasteiger partial charge is 0.496 e. The van der Waals surface area contributed by atoms with Crippen LogP contribution in [0.2, 0.25) is 5.02 Å². The number of halogens is 1. The Morgan fingerprint density at radius 3 is 2.89 bits per heavy atom. The third-order valence-corrected chi connectivity index (χ3v) is 2.57. The van der Waals surface area contributed by atoms with Crippen molar-refractivity contribution in [1.82, 2.24) is 9.97 Å². The quantitative estimate of drug-likeness (QED) is 0.896. The molecule has 1 N–H and O–H groups in total. The van der Waals surface area contributed by atoms with Crippen LogP contribution in [0.4, 0.5) is 0 Å². The molecule has 0 fully saturated rings. The molecule has 0 aliphatic carbocycles. The highest BCUT2D eigenvalue weighted by Crippen LogP contribution is 2.29. The number of aromatic nitrogens is 2. The summed E-state index contributed by atoms with van der Waals surface area (Å²) in [5.41, 5.74) is 0.0784. The van der Waals surface area contributed by atoms with E-state index in [4.69, 9.17) is 21.6 Å². The summed E-state index contributed by atoms with van der Waals surface area (Å²) < 4.78 is 5.17. The summed E-state index contributed by atoms with van der Waals surface area (Å²) >= 11 is 5.85. The minimum Gasteiger partial charge on any atom is -0.496 e. The van der Waals surface area contributed by atoms with Gasteiger partial charge in [0, 0.05) is 5.02 Å². The van der Waals surface area contributed by atoms with E-state index in [1.165, 1.54) is 13.3 Å². The number of nitrogens with one attached hydrogen (secondary N) is 1. The lowest BCUT2D eigenvalue weighted by Crippen LogP contribution is -2.12. The number of aromatic amines is 1. The van der Waals surface area contributed by atoms with Crippen LogP contribution in [-0.4, -0.2) is 17.1 Å². The fraction of sp³-hybridized carbons (Fsp3) is 0.0833. The number of rotatable bonds is 2. The summed E-state index contributed by atoms with van der Waals surface area (Å²) in [6.45, 7) is 0. The Kier molecular flexibility index (Phi) is 3.31. The molecule has 0 spiro atoms. The second-order valence-electron chi connectivity index (χ2n) is 3.43. The normalized spacial score (nSPS) is 9.83. The number of ether oxygens (including phenoxy) is 1. The van der Waals surface area contributed by atoms with Crippen LogP contribution in [0.5, 0.6) is 5.75 Å². The van der Waals surface area contributed by atoms with Crippen molar-refractivity contribution in [2.45, 2.75) is 0 Å². The average molecular weight is 262 g/mol. The second kappa shape index (κ2) is 4.90. The van der Waals surface area contributed by atoms with Crippen molar-refractivity contribution in [3.63, 3.8) is 0 Å². The third-order valence-electron chi connectivity index (χ3n) is 2.34. The molecule has 6 heteroatoms. The molecule has 0 bridgehead atoms. The van der Waals surface area contributed by atoms with Gasteiger partial charge >= 0.3 is 0 Å². The molecule has 1 heterocycles. The summed E-state index contributed by atoms with van der Waals surface area (Å²) in [4.78, 5) is 18.1. The van der Waals surface area contributed by atoms with Crippen LogP contribution in [0, 0.1) is 11.3 Å². The van der Waals surface area contributed by atoms with Crippen molar-refractivity contribution < 1.29 is 4.74 Å². The number of benzene rings is 1. The molecule has 0 amide bonds. The summed E-state index contributed by atoms with van der Waals surface area (Å²) in [5.74, 6) is 0.822. The highest BCUT2D eigenvalue weighted by molar-refractivity contribution is 6.30. The fourth-order valence-corrected chi connectivity index (χ4v) is 1.63. The molecule has 2 rings (SSSR count). The van der Waals surface area contributed by atoms with Crippen molar-refractivity contribution >= 4 is 11.6 Å². The number of hydrogen-bond acceptors (Lipinski definition) is 4. The summed E-state index contributed by atoms with van der Waals surface area (Å²) in [7, 11) is 1.50. The molecule has 0 aliphatic heterocycles. The van der Waals surface area contributed by atoms with Crippen molar-refractivity contribution in [3.8, 4) is 23.2 Å². The Morgan fingerprint density at radius 1 is 1.50 bits per heavy atom. The first-order chi connectivity index (χ1) is 8.65.